The topological polar surface area (TPSA) is 58.6 Å². The number of nitrogens with zero attached hydrogens (tertiary/aromatic N) is 1. The molecule has 1 saturated heterocycles. The number of hydrogen-bond acceptors (Lipinski definition) is 4. The van der Waals surface area contributed by atoms with Gasteiger partial charge in [0, 0.05) is 36.7 Å². The molecule has 1 N–H and O–H groups in total. The smallest absolute Gasteiger partial charge is 0.227 e. The SMILES string of the molecule is COCCC(C)NC(=O)C1CCC(=O)N(c2ccc(C)cc2)C1c1cccs1. The Labute approximate surface area is 170 Å². The van der Waals surface area contributed by atoms with Crippen molar-refractivity contribution in [2.75, 3.05) is 18.6 Å². The number of ether oxygens (including phenoxy) is 1. The van der Waals surface area contributed by atoms with Gasteiger partial charge in [0.2, 0.25) is 11.8 Å². The number of nitrogens with one attached hydrogen (secondary N) is 1. The van der Waals surface area contributed by atoms with Crippen LogP contribution in [0.3, 0.4) is 0 Å². The van der Waals surface area contributed by atoms with Gasteiger partial charge < -0.3 is 15.0 Å². The van der Waals surface area contributed by atoms with Gasteiger partial charge in [-0.25, -0.2) is 0 Å². The number of amides is 2. The summed E-state index contributed by atoms with van der Waals surface area (Å²) in [6.07, 6.45) is 1.70. The van der Waals surface area contributed by atoms with Crippen LogP contribution in [0.2, 0.25) is 0 Å². The lowest BCUT2D eigenvalue weighted by Gasteiger charge is -2.40. The molecule has 0 radical (unpaired) electrons. The largest absolute Gasteiger partial charge is 0.385 e. The summed E-state index contributed by atoms with van der Waals surface area (Å²) in [6.45, 7) is 4.62. The second kappa shape index (κ2) is 9.34. The van der Waals surface area contributed by atoms with Gasteiger partial charge in [0.05, 0.1) is 12.0 Å². The number of hydrogen-bond donors (Lipinski definition) is 1. The third-order valence-electron chi connectivity index (χ3n) is 5.22. The first-order chi connectivity index (χ1) is 13.5. The molecule has 0 saturated carbocycles. The number of piperidine rings is 1. The monoisotopic (exact) mass is 400 g/mol. The van der Waals surface area contributed by atoms with Gasteiger partial charge in [-0.15, -0.1) is 11.3 Å². The van der Waals surface area contributed by atoms with Crippen LogP contribution in [-0.4, -0.2) is 31.6 Å². The molecule has 1 aromatic heterocycles. The summed E-state index contributed by atoms with van der Waals surface area (Å²) in [5.74, 6) is -0.201. The lowest BCUT2D eigenvalue weighted by molar-refractivity contribution is -0.129. The molecule has 0 spiro atoms. The number of rotatable bonds is 7. The first-order valence-corrected chi connectivity index (χ1v) is 10.6. The lowest BCUT2D eigenvalue weighted by atomic mass is 9.86. The van der Waals surface area contributed by atoms with Gasteiger partial charge in [-0.05, 0) is 50.3 Å². The standard InChI is InChI=1S/C22H28N2O3S/c1-15-6-8-17(9-7-15)24-20(25)11-10-18(21(24)19-5-4-14-28-19)22(26)23-16(2)12-13-27-3/h4-9,14,16,18,21H,10-13H2,1-3H3,(H,23,26). The molecule has 3 rings (SSSR count). The molecule has 1 fully saturated rings. The minimum Gasteiger partial charge on any atom is -0.385 e. The first-order valence-electron chi connectivity index (χ1n) is 9.72. The number of carbonyl (C=O) groups excluding carboxylic acids is 2. The van der Waals surface area contributed by atoms with Gasteiger partial charge in [-0.2, -0.15) is 0 Å². The van der Waals surface area contributed by atoms with Crippen molar-refractivity contribution in [3.05, 3.63) is 52.2 Å². The Morgan fingerprint density at radius 1 is 1.32 bits per heavy atom. The fourth-order valence-corrected chi connectivity index (χ4v) is 4.56. The normalized spacial score (nSPS) is 20.8. The highest BCUT2D eigenvalue weighted by Crippen LogP contribution is 2.41. The molecule has 1 aromatic carbocycles. The van der Waals surface area contributed by atoms with E-state index in [1.165, 1.54) is 0 Å². The van der Waals surface area contributed by atoms with E-state index in [0.717, 1.165) is 22.5 Å². The van der Waals surface area contributed by atoms with Gasteiger partial charge in [0.25, 0.3) is 0 Å². The van der Waals surface area contributed by atoms with Crippen molar-refractivity contribution in [2.24, 2.45) is 5.92 Å². The van der Waals surface area contributed by atoms with E-state index in [2.05, 4.69) is 5.32 Å². The second-order valence-electron chi connectivity index (χ2n) is 7.40. The summed E-state index contributed by atoms with van der Waals surface area (Å²) in [5.41, 5.74) is 1.99. The lowest BCUT2D eigenvalue weighted by Crippen LogP contribution is -2.49. The molecule has 28 heavy (non-hydrogen) atoms. The number of benzene rings is 1. The zero-order valence-electron chi connectivity index (χ0n) is 16.7. The fraction of sp³-hybridized carbons (Fsp3) is 0.455. The first kappa shape index (κ1) is 20.6. The fourth-order valence-electron chi connectivity index (χ4n) is 3.68. The Kier molecular flexibility index (Phi) is 6.86. The van der Waals surface area contributed by atoms with Crippen molar-refractivity contribution < 1.29 is 14.3 Å². The number of carbonyl (C=O) groups is 2. The number of anilines is 1. The zero-order valence-corrected chi connectivity index (χ0v) is 17.5. The van der Waals surface area contributed by atoms with Crippen LogP contribution in [-0.2, 0) is 14.3 Å². The summed E-state index contributed by atoms with van der Waals surface area (Å²) in [6, 6.07) is 11.7. The molecule has 0 aliphatic carbocycles. The van der Waals surface area contributed by atoms with Crippen LogP contribution in [0.1, 0.15) is 42.7 Å². The van der Waals surface area contributed by atoms with E-state index in [0.29, 0.717) is 19.4 Å². The van der Waals surface area contributed by atoms with Gasteiger partial charge >= 0.3 is 0 Å². The van der Waals surface area contributed by atoms with E-state index in [1.54, 1.807) is 18.4 Å². The predicted molar refractivity (Wildman–Crippen MR) is 113 cm³/mol. The highest BCUT2D eigenvalue weighted by molar-refractivity contribution is 7.10. The molecular formula is C22H28N2O3S. The van der Waals surface area contributed by atoms with E-state index in [1.807, 2.05) is 60.5 Å². The average Bonchev–Trinajstić information content (AvgIpc) is 3.21. The minimum atomic E-state index is -0.279. The second-order valence-corrected chi connectivity index (χ2v) is 8.38. The van der Waals surface area contributed by atoms with Gasteiger partial charge in [0.1, 0.15) is 0 Å². The molecule has 2 aromatic rings. The zero-order chi connectivity index (χ0) is 20.1. The molecule has 3 unspecified atom stereocenters. The highest BCUT2D eigenvalue weighted by atomic mass is 32.1. The number of thiophene rings is 1. The average molecular weight is 401 g/mol. The predicted octanol–water partition coefficient (Wildman–Crippen LogP) is 4.08. The van der Waals surface area contributed by atoms with E-state index < -0.39 is 0 Å². The van der Waals surface area contributed by atoms with Crippen LogP contribution in [0.5, 0.6) is 0 Å². The molecular weight excluding hydrogens is 372 g/mol. The van der Waals surface area contributed by atoms with Crippen molar-refractivity contribution in [2.45, 2.75) is 45.2 Å². The molecule has 1 aliphatic rings. The number of aryl methyl sites for hydroxylation is 1. The van der Waals surface area contributed by atoms with Crippen molar-refractivity contribution in [3.63, 3.8) is 0 Å². The quantitative estimate of drug-likeness (QED) is 0.762. The summed E-state index contributed by atoms with van der Waals surface area (Å²) in [5, 5.41) is 5.12. The Bertz CT molecular complexity index is 789. The Hall–Kier alpha value is -2.18. The van der Waals surface area contributed by atoms with Crippen molar-refractivity contribution in [1.29, 1.82) is 0 Å². The minimum absolute atomic E-state index is 0.00612. The summed E-state index contributed by atoms with van der Waals surface area (Å²) in [4.78, 5) is 28.9. The molecule has 2 heterocycles. The van der Waals surface area contributed by atoms with Crippen LogP contribution >= 0.6 is 11.3 Å². The Morgan fingerprint density at radius 3 is 2.71 bits per heavy atom. The number of methoxy groups -OCH3 is 1. The van der Waals surface area contributed by atoms with Crippen LogP contribution in [0.15, 0.2) is 41.8 Å². The third kappa shape index (κ3) is 4.62. The maximum Gasteiger partial charge on any atom is 0.227 e. The van der Waals surface area contributed by atoms with E-state index in [-0.39, 0.29) is 29.8 Å². The molecule has 3 atom stereocenters. The van der Waals surface area contributed by atoms with Gasteiger partial charge in [0.15, 0.2) is 0 Å². The van der Waals surface area contributed by atoms with Crippen molar-refractivity contribution in [3.8, 4) is 0 Å². The Morgan fingerprint density at radius 2 is 2.07 bits per heavy atom. The van der Waals surface area contributed by atoms with Gasteiger partial charge in [-0.1, -0.05) is 23.8 Å². The van der Waals surface area contributed by atoms with E-state index >= 15 is 0 Å². The van der Waals surface area contributed by atoms with E-state index in [9.17, 15) is 9.59 Å². The Balaban J connectivity index is 1.90. The molecule has 6 heteroatoms. The molecule has 150 valence electrons. The van der Waals surface area contributed by atoms with E-state index in [4.69, 9.17) is 4.74 Å². The third-order valence-corrected chi connectivity index (χ3v) is 6.17. The molecule has 5 nitrogen and oxygen atoms in total. The van der Waals surface area contributed by atoms with Crippen LogP contribution in [0, 0.1) is 12.8 Å². The summed E-state index contributed by atoms with van der Waals surface area (Å²) in [7, 11) is 1.66. The summed E-state index contributed by atoms with van der Waals surface area (Å²) >= 11 is 1.59. The molecule has 0 bridgehead atoms. The van der Waals surface area contributed by atoms with Crippen LogP contribution in [0.4, 0.5) is 5.69 Å². The highest BCUT2D eigenvalue weighted by Gasteiger charge is 2.42. The molecule has 1 aliphatic heterocycles. The van der Waals surface area contributed by atoms with Crippen LogP contribution < -0.4 is 10.2 Å². The summed E-state index contributed by atoms with van der Waals surface area (Å²) < 4.78 is 5.12. The van der Waals surface area contributed by atoms with Crippen molar-refractivity contribution in [1.82, 2.24) is 5.32 Å². The maximum atomic E-state index is 13.1. The molecule has 2 amide bonds. The van der Waals surface area contributed by atoms with Crippen molar-refractivity contribution >= 4 is 28.8 Å². The van der Waals surface area contributed by atoms with Crippen LogP contribution in [0.25, 0.3) is 0 Å². The van der Waals surface area contributed by atoms with Gasteiger partial charge in [-0.3, -0.25) is 9.59 Å². The maximum absolute atomic E-state index is 13.1.